The Morgan fingerprint density at radius 2 is 2.15 bits per heavy atom. The Morgan fingerprint density at radius 3 is 2.88 bits per heavy atom. The van der Waals surface area contributed by atoms with Gasteiger partial charge in [-0.3, -0.25) is 9.78 Å². The van der Waals surface area contributed by atoms with E-state index < -0.39 is 0 Å². The molecule has 26 heavy (non-hydrogen) atoms. The van der Waals surface area contributed by atoms with E-state index in [1.165, 1.54) is 6.33 Å². The molecule has 4 rings (SSSR count). The van der Waals surface area contributed by atoms with Crippen molar-refractivity contribution in [3.8, 4) is 0 Å². The standard InChI is InChI=1S/C19H22N4O3/c24-18(17-3-7-21-14-22-17)23-8-4-19(5-9-23)10-16(13-26-19)25-12-15-2-1-6-20-11-15/h1-3,6-7,11,14,16H,4-5,8-10,12-13H2. The number of carbonyl (C=O) groups is 1. The highest BCUT2D eigenvalue weighted by molar-refractivity contribution is 5.92. The molecule has 1 amide bonds. The lowest BCUT2D eigenvalue weighted by Crippen LogP contribution is -2.46. The Morgan fingerprint density at radius 1 is 1.27 bits per heavy atom. The third kappa shape index (κ3) is 3.73. The minimum absolute atomic E-state index is 0.0374. The van der Waals surface area contributed by atoms with Crippen LogP contribution in [0.4, 0.5) is 0 Å². The van der Waals surface area contributed by atoms with Crippen molar-refractivity contribution in [2.45, 2.75) is 37.6 Å². The maximum atomic E-state index is 12.5. The van der Waals surface area contributed by atoms with Crippen molar-refractivity contribution >= 4 is 5.91 Å². The predicted octanol–water partition coefficient (Wildman–Crippen LogP) is 1.85. The molecule has 4 heterocycles. The molecular formula is C19H22N4O3. The van der Waals surface area contributed by atoms with E-state index in [0.717, 1.165) is 24.8 Å². The van der Waals surface area contributed by atoms with E-state index in [-0.39, 0.29) is 17.6 Å². The Bertz CT molecular complexity index is 733. The number of pyridine rings is 1. The number of amides is 1. The highest BCUT2D eigenvalue weighted by Crippen LogP contribution is 2.37. The molecule has 0 aromatic carbocycles. The predicted molar refractivity (Wildman–Crippen MR) is 93.3 cm³/mol. The molecule has 1 spiro atoms. The summed E-state index contributed by atoms with van der Waals surface area (Å²) in [4.78, 5) is 26.4. The molecule has 2 fully saturated rings. The van der Waals surface area contributed by atoms with Crippen LogP contribution < -0.4 is 0 Å². The van der Waals surface area contributed by atoms with Crippen LogP contribution in [0.5, 0.6) is 0 Å². The second kappa shape index (κ2) is 7.47. The van der Waals surface area contributed by atoms with Crippen molar-refractivity contribution in [2.75, 3.05) is 19.7 Å². The van der Waals surface area contributed by atoms with Crippen molar-refractivity contribution in [2.24, 2.45) is 0 Å². The fraction of sp³-hybridized carbons (Fsp3) is 0.474. The Labute approximate surface area is 152 Å². The number of aromatic nitrogens is 3. The second-order valence-electron chi connectivity index (χ2n) is 6.88. The van der Waals surface area contributed by atoms with E-state index in [1.807, 2.05) is 23.2 Å². The quantitative estimate of drug-likeness (QED) is 0.834. The molecule has 0 aliphatic carbocycles. The Kier molecular flexibility index (Phi) is 4.90. The van der Waals surface area contributed by atoms with Crippen LogP contribution in [0.15, 0.2) is 43.1 Å². The Hall–Kier alpha value is -2.38. The average Bonchev–Trinajstić information content (AvgIpc) is 3.10. The van der Waals surface area contributed by atoms with Crippen molar-refractivity contribution < 1.29 is 14.3 Å². The van der Waals surface area contributed by atoms with Crippen LogP contribution in [-0.2, 0) is 16.1 Å². The molecule has 2 aliphatic rings. The van der Waals surface area contributed by atoms with Crippen molar-refractivity contribution in [3.63, 3.8) is 0 Å². The molecule has 0 radical (unpaired) electrons. The molecule has 136 valence electrons. The second-order valence-corrected chi connectivity index (χ2v) is 6.88. The molecule has 1 unspecified atom stereocenters. The van der Waals surface area contributed by atoms with Gasteiger partial charge in [0.25, 0.3) is 5.91 Å². The fourth-order valence-electron chi connectivity index (χ4n) is 3.65. The van der Waals surface area contributed by atoms with Crippen molar-refractivity contribution in [1.82, 2.24) is 19.9 Å². The molecule has 0 saturated carbocycles. The molecular weight excluding hydrogens is 332 g/mol. The first-order chi connectivity index (χ1) is 12.7. The van der Waals surface area contributed by atoms with Gasteiger partial charge in [0.2, 0.25) is 0 Å². The molecule has 2 saturated heterocycles. The summed E-state index contributed by atoms with van der Waals surface area (Å²) >= 11 is 0. The summed E-state index contributed by atoms with van der Waals surface area (Å²) in [6, 6.07) is 5.58. The summed E-state index contributed by atoms with van der Waals surface area (Å²) in [6.45, 7) is 2.52. The number of rotatable bonds is 4. The van der Waals surface area contributed by atoms with Crippen LogP contribution in [0, 0.1) is 0 Å². The number of piperidine rings is 1. The van der Waals surface area contributed by atoms with Gasteiger partial charge in [-0.1, -0.05) is 6.07 Å². The van der Waals surface area contributed by atoms with Gasteiger partial charge in [-0.25, -0.2) is 9.97 Å². The number of likely N-dealkylation sites (tertiary alicyclic amines) is 1. The van der Waals surface area contributed by atoms with Gasteiger partial charge in [0, 0.05) is 38.1 Å². The lowest BCUT2D eigenvalue weighted by atomic mass is 9.88. The van der Waals surface area contributed by atoms with E-state index >= 15 is 0 Å². The maximum absolute atomic E-state index is 12.5. The number of hydrogen-bond acceptors (Lipinski definition) is 6. The van der Waals surface area contributed by atoms with Crippen LogP contribution >= 0.6 is 0 Å². The molecule has 2 aromatic rings. The van der Waals surface area contributed by atoms with Crippen LogP contribution in [0.1, 0.15) is 35.3 Å². The van der Waals surface area contributed by atoms with Gasteiger partial charge in [0.1, 0.15) is 12.0 Å². The molecule has 7 heteroatoms. The largest absolute Gasteiger partial charge is 0.372 e. The van der Waals surface area contributed by atoms with E-state index in [2.05, 4.69) is 15.0 Å². The Balaban J connectivity index is 1.28. The smallest absolute Gasteiger partial charge is 0.272 e. The van der Waals surface area contributed by atoms with Crippen LogP contribution in [-0.4, -0.2) is 57.2 Å². The van der Waals surface area contributed by atoms with Gasteiger partial charge < -0.3 is 14.4 Å². The zero-order valence-electron chi connectivity index (χ0n) is 14.6. The van der Waals surface area contributed by atoms with Crippen LogP contribution in [0.2, 0.25) is 0 Å². The van der Waals surface area contributed by atoms with Crippen LogP contribution in [0.3, 0.4) is 0 Å². The summed E-state index contributed by atoms with van der Waals surface area (Å²) in [6.07, 6.45) is 9.21. The topological polar surface area (TPSA) is 77.4 Å². The molecule has 2 aliphatic heterocycles. The number of carbonyl (C=O) groups excluding carboxylic acids is 1. The third-order valence-corrected chi connectivity index (χ3v) is 5.15. The molecule has 0 bridgehead atoms. The summed E-state index contributed by atoms with van der Waals surface area (Å²) in [5.41, 5.74) is 1.35. The van der Waals surface area contributed by atoms with E-state index in [1.54, 1.807) is 18.5 Å². The van der Waals surface area contributed by atoms with Gasteiger partial charge in [0.15, 0.2) is 0 Å². The zero-order chi connectivity index (χ0) is 17.8. The molecule has 2 aromatic heterocycles. The fourth-order valence-corrected chi connectivity index (χ4v) is 3.65. The first kappa shape index (κ1) is 17.1. The van der Waals surface area contributed by atoms with Crippen LogP contribution in [0.25, 0.3) is 0 Å². The molecule has 1 atom stereocenters. The first-order valence-corrected chi connectivity index (χ1v) is 8.94. The van der Waals surface area contributed by atoms with E-state index in [4.69, 9.17) is 9.47 Å². The van der Waals surface area contributed by atoms with Gasteiger partial charge in [-0.15, -0.1) is 0 Å². The SMILES string of the molecule is O=C(c1ccncn1)N1CCC2(CC1)CC(OCc1cccnc1)CO2. The third-order valence-electron chi connectivity index (χ3n) is 5.15. The lowest BCUT2D eigenvalue weighted by molar-refractivity contribution is -0.0413. The van der Waals surface area contributed by atoms with Gasteiger partial charge in [0.05, 0.1) is 24.9 Å². The van der Waals surface area contributed by atoms with Gasteiger partial charge in [-0.2, -0.15) is 0 Å². The molecule has 7 nitrogen and oxygen atoms in total. The highest BCUT2D eigenvalue weighted by atomic mass is 16.6. The summed E-state index contributed by atoms with van der Waals surface area (Å²) in [7, 11) is 0. The zero-order valence-corrected chi connectivity index (χ0v) is 14.6. The first-order valence-electron chi connectivity index (χ1n) is 8.94. The number of nitrogens with zero attached hydrogens (tertiary/aromatic N) is 4. The van der Waals surface area contributed by atoms with Gasteiger partial charge >= 0.3 is 0 Å². The lowest BCUT2D eigenvalue weighted by Gasteiger charge is -2.38. The summed E-state index contributed by atoms with van der Waals surface area (Å²) < 4.78 is 12.1. The minimum atomic E-state index is -0.165. The maximum Gasteiger partial charge on any atom is 0.272 e. The van der Waals surface area contributed by atoms with E-state index in [0.29, 0.717) is 32.0 Å². The monoisotopic (exact) mass is 354 g/mol. The summed E-state index contributed by atoms with van der Waals surface area (Å²) in [5.74, 6) is -0.0374. The van der Waals surface area contributed by atoms with Crippen molar-refractivity contribution in [1.29, 1.82) is 0 Å². The van der Waals surface area contributed by atoms with Gasteiger partial charge in [-0.05, 0) is 30.5 Å². The van der Waals surface area contributed by atoms with E-state index in [9.17, 15) is 4.79 Å². The minimum Gasteiger partial charge on any atom is -0.372 e. The summed E-state index contributed by atoms with van der Waals surface area (Å²) in [5, 5.41) is 0. The number of ether oxygens (including phenoxy) is 2. The van der Waals surface area contributed by atoms with Crippen molar-refractivity contribution in [3.05, 3.63) is 54.4 Å². The highest BCUT2D eigenvalue weighted by Gasteiger charge is 2.44. The average molecular weight is 354 g/mol. The molecule has 0 N–H and O–H groups in total. The number of hydrogen-bond donors (Lipinski definition) is 0. The normalized spacial score (nSPS) is 21.8.